The van der Waals surface area contributed by atoms with Crippen LogP contribution in [0.4, 0.5) is 5.82 Å². The Morgan fingerprint density at radius 2 is 2.06 bits per heavy atom. The Morgan fingerprint density at radius 1 is 1.20 bits per heavy atom. The first kappa shape index (κ1) is 23.4. The zero-order chi connectivity index (χ0) is 24.3. The second-order valence-corrected chi connectivity index (χ2v) is 10.3. The van der Waals surface area contributed by atoms with Gasteiger partial charge in [0.05, 0.1) is 36.7 Å². The molecule has 1 amide bonds. The highest BCUT2D eigenvalue weighted by atomic mass is 32.2. The molecule has 0 spiro atoms. The Morgan fingerprint density at radius 3 is 2.86 bits per heavy atom. The molecule has 11 nitrogen and oxygen atoms in total. The summed E-state index contributed by atoms with van der Waals surface area (Å²) < 4.78 is 39.3. The van der Waals surface area contributed by atoms with E-state index in [-0.39, 0.29) is 12.4 Å². The standard InChI is InChI=1S/C23H26N6O5S/c30-22(17-3-1-6-24-16-17)27-23-26-20-15-18(4-5-19(20)21-25-7-8-29(21)23)34-11-2-14-35(31,32)28-9-12-33-13-10-28/h1,3-6,15-16,25H,2,7-14H2. The molecule has 5 rings (SSSR count). The van der Waals surface area contributed by atoms with Crippen molar-refractivity contribution in [1.82, 2.24) is 18.8 Å². The lowest BCUT2D eigenvalue weighted by Crippen LogP contribution is -2.42. The van der Waals surface area contributed by atoms with E-state index in [1.807, 2.05) is 16.7 Å². The van der Waals surface area contributed by atoms with Crippen molar-refractivity contribution in [1.29, 1.82) is 0 Å². The van der Waals surface area contributed by atoms with Crippen LogP contribution in [-0.2, 0) is 21.3 Å². The molecule has 0 aliphatic carbocycles. The fourth-order valence-electron chi connectivity index (χ4n) is 4.11. The lowest BCUT2D eigenvalue weighted by molar-refractivity contribution is 0.0730. The molecule has 1 aromatic carbocycles. The Hall–Kier alpha value is -3.35. The molecule has 12 heteroatoms. The van der Waals surface area contributed by atoms with Gasteiger partial charge in [0.25, 0.3) is 5.91 Å². The van der Waals surface area contributed by atoms with Crippen LogP contribution in [0, 0.1) is 0 Å². The first-order chi connectivity index (χ1) is 17.0. The number of hydrogen-bond donors (Lipinski definition) is 1. The van der Waals surface area contributed by atoms with Crippen LogP contribution in [0.5, 0.6) is 5.75 Å². The van der Waals surface area contributed by atoms with Crippen molar-refractivity contribution in [2.45, 2.75) is 13.0 Å². The van der Waals surface area contributed by atoms with Crippen LogP contribution in [0.1, 0.15) is 16.8 Å². The minimum atomic E-state index is -3.32. The summed E-state index contributed by atoms with van der Waals surface area (Å²) in [6.07, 6.45) is 3.44. The largest absolute Gasteiger partial charge is 0.493 e. The quantitative estimate of drug-likeness (QED) is 0.479. The van der Waals surface area contributed by atoms with Gasteiger partial charge in [-0.3, -0.25) is 14.3 Å². The Labute approximate surface area is 202 Å². The summed E-state index contributed by atoms with van der Waals surface area (Å²) >= 11 is 0. The number of sulfonamides is 1. The molecular weight excluding hydrogens is 472 g/mol. The zero-order valence-electron chi connectivity index (χ0n) is 19.1. The van der Waals surface area contributed by atoms with E-state index in [1.54, 1.807) is 24.4 Å². The Kier molecular flexibility index (Phi) is 6.75. The minimum Gasteiger partial charge on any atom is -0.493 e. The van der Waals surface area contributed by atoms with Gasteiger partial charge >= 0.3 is 0 Å². The van der Waals surface area contributed by atoms with Crippen LogP contribution in [0.3, 0.4) is 0 Å². The number of fused-ring (bicyclic) bond motifs is 3. The zero-order valence-corrected chi connectivity index (χ0v) is 19.9. The van der Waals surface area contributed by atoms with E-state index >= 15 is 0 Å². The van der Waals surface area contributed by atoms with Crippen LogP contribution in [0.25, 0.3) is 10.9 Å². The summed E-state index contributed by atoms with van der Waals surface area (Å²) in [5, 5.41) is 4.22. The molecule has 3 aromatic rings. The van der Waals surface area contributed by atoms with Crippen molar-refractivity contribution in [2.24, 2.45) is 4.99 Å². The SMILES string of the molecule is O=C(N=c1nc2cc(OCCCS(=O)(=O)N3CCOCC3)ccc2c2n1CCN2)c1cccnc1. The van der Waals surface area contributed by atoms with Gasteiger partial charge in [0, 0.05) is 50.0 Å². The molecule has 35 heavy (non-hydrogen) atoms. The topological polar surface area (TPSA) is 128 Å². The third kappa shape index (κ3) is 5.19. The maximum Gasteiger partial charge on any atom is 0.281 e. The van der Waals surface area contributed by atoms with Gasteiger partial charge in [-0.15, -0.1) is 0 Å². The highest BCUT2D eigenvalue weighted by molar-refractivity contribution is 7.89. The van der Waals surface area contributed by atoms with E-state index in [1.165, 1.54) is 10.5 Å². The molecule has 2 aromatic heterocycles. The number of benzene rings is 1. The molecule has 184 valence electrons. The number of rotatable bonds is 7. The highest BCUT2D eigenvalue weighted by Gasteiger charge is 2.23. The predicted molar refractivity (Wildman–Crippen MR) is 129 cm³/mol. The number of aromatic nitrogens is 3. The molecule has 2 aliphatic heterocycles. The second-order valence-electron chi connectivity index (χ2n) is 8.21. The van der Waals surface area contributed by atoms with E-state index in [9.17, 15) is 13.2 Å². The average molecular weight is 499 g/mol. The average Bonchev–Trinajstić information content (AvgIpc) is 3.38. The van der Waals surface area contributed by atoms with Crippen molar-refractivity contribution < 1.29 is 22.7 Å². The number of amides is 1. The molecule has 1 fully saturated rings. The molecule has 1 N–H and O–H groups in total. The van der Waals surface area contributed by atoms with Crippen LogP contribution in [0.15, 0.2) is 47.7 Å². The molecule has 0 saturated carbocycles. The first-order valence-corrected chi connectivity index (χ1v) is 13.1. The van der Waals surface area contributed by atoms with Gasteiger partial charge in [-0.25, -0.2) is 13.4 Å². The number of pyridine rings is 1. The Bertz CT molecular complexity index is 1400. The third-order valence-electron chi connectivity index (χ3n) is 5.87. The summed E-state index contributed by atoms with van der Waals surface area (Å²) in [7, 11) is -3.32. The maximum atomic E-state index is 12.6. The summed E-state index contributed by atoms with van der Waals surface area (Å²) in [6.45, 7) is 3.26. The molecule has 0 bridgehead atoms. The van der Waals surface area contributed by atoms with Crippen molar-refractivity contribution in [2.75, 3.05) is 50.5 Å². The van der Waals surface area contributed by atoms with Crippen LogP contribution >= 0.6 is 0 Å². The highest BCUT2D eigenvalue weighted by Crippen LogP contribution is 2.26. The molecule has 0 atom stereocenters. The van der Waals surface area contributed by atoms with Crippen molar-refractivity contribution >= 4 is 32.7 Å². The molecule has 0 radical (unpaired) electrons. The summed E-state index contributed by atoms with van der Waals surface area (Å²) in [4.78, 5) is 25.5. The first-order valence-electron chi connectivity index (χ1n) is 11.5. The van der Waals surface area contributed by atoms with Gasteiger partial charge in [-0.1, -0.05) is 0 Å². The van der Waals surface area contributed by atoms with Crippen molar-refractivity contribution in [3.05, 3.63) is 53.9 Å². The van der Waals surface area contributed by atoms with Gasteiger partial charge in [-0.05, 0) is 30.7 Å². The maximum absolute atomic E-state index is 12.6. The molecular formula is C23H26N6O5S. The van der Waals surface area contributed by atoms with Gasteiger partial charge in [0.1, 0.15) is 11.6 Å². The van der Waals surface area contributed by atoms with Gasteiger partial charge in [0.2, 0.25) is 15.6 Å². The number of nitrogens with one attached hydrogen (secondary N) is 1. The number of nitrogens with zero attached hydrogens (tertiary/aromatic N) is 5. The normalized spacial score (nSPS) is 16.7. The Balaban J connectivity index is 1.33. The summed E-state index contributed by atoms with van der Waals surface area (Å²) in [5.41, 5.74) is 1.32. The fourth-order valence-corrected chi connectivity index (χ4v) is 5.56. The van der Waals surface area contributed by atoms with Crippen molar-refractivity contribution in [3.63, 3.8) is 0 Å². The van der Waals surface area contributed by atoms with Crippen molar-refractivity contribution in [3.8, 4) is 5.75 Å². The molecule has 0 unspecified atom stereocenters. The number of anilines is 1. The smallest absolute Gasteiger partial charge is 0.281 e. The number of morpholine rings is 1. The van der Waals surface area contributed by atoms with Gasteiger partial charge < -0.3 is 14.8 Å². The van der Waals surface area contributed by atoms with Crippen LogP contribution in [-0.4, -0.2) is 78.4 Å². The van der Waals surface area contributed by atoms with E-state index in [2.05, 4.69) is 20.3 Å². The van der Waals surface area contributed by atoms with E-state index < -0.39 is 15.9 Å². The van der Waals surface area contributed by atoms with Crippen LogP contribution < -0.4 is 15.7 Å². The van der Waals surface area contributed by atoms with E-state index in [0.29, 0.717) is 68.3 Å². The molecule has 4 heterocycles. The van der Waals surface area contributed by atoms with Gasteiger partial charge in [0.15, 0.2) is 0 Å². The van der Waals surface area contributed by atoms with E-state index in [0.717, 1.165) is 11.2 Å². The molecule has 1 saturated heterocycles. The number of carbonyl (C=O) groups is 1. The predicted octanol–water partition coefficient (Wildman–Crippen LogP) is 1.03. The number of carbonyl (C=O) groups excluding carboxylic acids is 1. The fraction of sp³-hybridized carbons (Fsp3) is 0.391. The molecule has 2 aliphatic rings. The van der Waals surface area contributed by atoms with Gasteiger partial charge in [-0.2, -0.15) is 9.30 Å². The summed E-state index contributed by atoms with van der Waals surface area (Å²) in [6, 6.07) is 8.86. The lowest BCUT2D eigenvalue weighted by atomic mass is 10.2. The number of ether oxygens (including phenoxy) is 2. The summed E-state index contributed by atoms with van der Waals surface area (Å²) in [5.74, 6) is 1.02. The lowest BCUT2D eigenvalue weighted by Gasteiger charge is -2.25. The minimum absolute atomic E-state index is 0.0202. The van der Waals surface area contributed by atoms with Crippen LogP contribution in [0.2, 0.25) is 0 Å². The monoisotopic (exact) mass is 498 g/mol. The number of hydrogen-bond acceptors (Lipinski definition) is 8. The van der Waals surface area contributed by atoms with E-state index in [4.69, 9.17) is 9.47 Å². The second kappa shape index (κ2) is 10.1. The third-order valence-corrected chi connectivity index (χ3v) is 7.83.